The first-order chi connectivity index (χ1) is 9.35. The summed E-state index contributed by atoms with van der Waals surface area (Å²) in [4.78, 5) is 6.83. The number of likely N-dealkylation sites (N-methyl/N-ethyl adjacent to an activating group) is 1. The Morgan fingerprint density at radius 1 is 1.35 bits per heavy atom. The lowest BCUT2D eigenvalue weighted by Crippen LogP contribution is -2.37. The molecule has 0 radical (unpaired) electrons. The summed E-state index contributed by atoms with van der Waals surface area (Å²) in [5.74, 6) is 1.48. The SMILES string of the molecule is COCC(C)n1cc(C)nc1NC(CN(C)C)C(C)C. The molecule has 1 aromatic heterocycles. The van der Waals surface area contributed by atoms with Crippen LogP contribution < -0.4 is 5.32 Å². The van der Waals surface area contributed by atoms with Gasteiger partial charge in [0.15, 0.2) is 0 Å². The molecule has 0 amide bonds. The Morgan fingerprint density at radius 2 is 2.00 bits per heavy atom. The fourth-order valence-corrected chi connectivity index (χ4v) is 2.26. The summed E-state index contributed by atoms with van der Waals surface area (Å²) in [6.45, 7) is 10.3. The second kappa shape index (κ2) is 7.64. The van der Waals surface area contributed by atoms with Gasteiger partial charge in [0.05, 0.1) is 18.3 Å². The van der Waals surface area contributed by atoms with Crippen molar-refractivity contribution >= 4 is 5.95 Å². The number of aromatic nitrogens is 2. The van der Waals surface area contributed by atoms with Crippen molar-refractivity contribution in [2.75, 3.05) is 39.7 Å². The predicted molar refractivity (Wildman–Crippen MR) is 84.4 cm³/mol. The molecule has 1 heterocycles. The smallest absolute Gasteiger partial charge is 0.203 e. The van der Waals surface area contributed by atoms with Crippen LogP contribution >= 0.6 is 0 Å². The molecule has 1 rings (SSSR count). The second-order valence-electron chi connectivity index (χ2n) is 6.17. The first-order valence-corrected chi connectivity index (χ1v) is 7.30. The number of aryl methyl sites for hydroxylation is 1. The van der Waals surface area contributed by atoms with Crippen LogP contribution in [0.25, 0.3) is 0 Å². The summed E-state index contributed by atoms with van der Waals surface area (Å²) >= 11 is 0. The minimum Gasteiger partial charge on any atom is -0.383 e. The van der Waals surface area contributed by atoms with Gasteiger partial charge in [0.25, 0.3) is 0 Å². The standard InChI is InChI=1S/C15H30N4O/c1-11(2)14(9-18(5)6)17-15-16-12(3)8-19(15)13(4)10-20-7/h8,11,13-14H,9-10H2,1-7H3,(H,16,17). The Morgan fingerprint density at radius 3 is 2.50 bits per heavy atom. The highest BCUT2D eigenvalue weighted by atomic mass is 16.5. The van der Waals surface area contributed by atoms with Gasteiger partial charge < -0.3 is 19.5 Å². The van der Waals surface area contributed by atoms with E-state index >= 15 is 0 Å². The number of nitrogens with zero attached hydrogens (tertiary/aromatic N) is 3. The number of imidazole rings is 1. The third-order valence-electron chi connectivity index (χ3n) is 3.42. The quantitative estimate of drug-likeness (QED) is 0.795. The number of nitrogens with one attached hydrogen (secondary N) is 1. The summed E-state index contributed by atoms with van der Waals surface area (Å²) < 4.78 is 7.43. The van der Waals surface area contributed by atoms with Gasteiger partial charge in [-0.1, -0.05) is 13.8 Å². The lowest BCUT2D eigenvalue weighted by Gasteiger charge is -2.27. The number of anilines is 1. The van der Waals surface area contributed by atoms with Crippen LogP contribution in [-0.2, 0) is 4.74 Å². The zero-order valence-electron chi connectivity index (χ0n) is 14.0. The van der Waals surface area contributed by atoms with Crippen LogP contribution in [0.1, 0.15) is 32.5 Å². The maximum atomic E-state index is 5.25. The van der Waals surface area contributed by atoms with Crippen molar-refractivity contribution in [2.24, 2.45) is 5.92 Å². The molecule has 5 heteroatoms. The Hall–Kier alpha value is -1.07. The minimum absolute atomic E-state index is 0.274. The molecule has 2 atom stereocenters. The molecule has 0 aliphatic heterocycles. The molecule has 1 N–H and O–H groups in total. The number of hydrogen-bond donors (Lipinski definition) is 1. The van der Waals surface area contributed by atoms with E-state index < -0.39 is 0 Å². The first kappa shape index (κ1) is 17.0. The Balaban J connectivity index is 2.89. The maximum absolute atomic E-state index is 5.25. The molecule has 116 valence electrons. The molecular weight excluding hydrogens is 252 g/mol. The van der Waals surface area contributed by atoms with Gasteiger partial charge in [-0.3, -0.25) is 0 Å². The average Bonchev–Trinajstić information content (AvgIpc) is 2.69. The van der Waals surface area contributed by atoms with Crippen molar-refractivity contribution in [3.8, 4) is 0 Å². The zero-order valence-corrected chi connectivity index (χ0v) is 14.0. The summed E-state index contributed by atoms with van der Waals surface area (Å²) in [5, 5.41) is 3.59. The van der Waals surface area contributed by atoms with Crippen molar-refractivity contribution in [3.63, 3.8) is 0 Å². The highest BCUT2D eigenvalue weighted by Gasteiger charge is 2.19. The zero-order chi connectivity index (χ0) is 15.3. The molecule has 20 heavy (non-hydrogen) atoms. The summed E-state index contributed by atoms with van der Waals surface area (Å²) in [6.07, 6.45) is 2.08. The van der Waals surface area contributed by atoms with Crippen LogP contribution in [0.5, 0.6) is 0 Å². The molecular formula is C15H30N4O. The molecule has 2 unspecified atom stereocenters. The Bertz CT molecular complexity index is 401. The fraction of sp³-hybridized carbons (Fsp3) is 0.800. The van der Waals surface area contributed by atoms with Gasteiger partial charge in [0.1, 0.15) is 0 Å². The number of ether oxygens (including phenoxy) is 1. The van der Waals surface area contributed by atoms with Crippen molar-refractivity contribution in [1.29, 1.82) is 0 Å². The van der Waals surface area contributed by atoms with Gasteiger partial charge in [-0.25, -0.2) is 4.98 Å². The molecule has 0 fully saturated rings. The third-order valence-corrected chi connectivity index (χ3v) is 3.42. The van der Waals surface area contributed by atoms with E-state index in [1.165, 1.54) is 0 Å². The molecule has 0 aromatic carbocycles. The largest absolute Gasteiger partial charge is 0.383 e. The van der Waals surface area contributed by atoms with E-state index in [4.69, 9.17) is 4.74 Å². The van der Waals surface area contributed by atoms with Gasteiger partial charge in [-0.15, -0.1) is 0 Å². The Kier molecular flexibility index (Phi) is 6.49. The Labute approximate surface area is 123 Å². The normalized spacial score (nSPS) is 14.8. The van der Waals surface area contributed by atoms with Crippen molar-refractivity contribution in [2.45, 2.75) is 39.8 Å². The number of rotatable bonds is 8. The third kappa shape index (κ3) is 4.80. The van der Waals surface area contributed by atoms with Gasteiger partial charge in [0, 0.05) is 25.9 Å². The predicted octanol–water partition coefficient (Wildman–Crippen LogP) is 2.40. The van der Waals surface area contributed by atoms with Crippen LogP contribution in [0.2, 0.25) is 0 Å². The van der Waals surface area contributed by atoms with Gasteiger partial charge >= 0.3 is 0 Å². The summed E-state index contributed by atoms with van der Waals surface area (Å²) in [5.41, 5.74) is 1.03. The second-order valence-corrected chi connectivity index (χ2v) is 6.17. The van der Waals surface area contributed by atoms with Crippen LogP contribution in [-0.4, -0.2) is 54.8 Å². The molecule has 0 aliphatic carbocycles. The van der Waals surface area contributed by atoms with Gasteiger partial charge in [-0.2, -0.15) is 0 Å². The molecule has 1 aromatic rings. The van der Waals surface area contributed by atoms with E-state index in [9.17, 15) is 0 Å². The van der Waals surface area contributed by atoms with E-state index in [-0.39, 0.29) is 6.04 Å². The van der Waals surface area contributed by atoms with Crippen molar-refractivity contribution < 1.29 is 4.74 Å². The topological polar surface area (TPSA) is 42.3 Å². The van der Waals surface area contributed by atoms with E-state index in [0.717, 1.165) is 18.2 Å². The van der Waals surface area contributed by atoms with E-state index in [2.05, 4.69) is 60.8 Å². The highest BCUT2D eigenvalue weighted by Crippen LogP contribution is 2.19. The highest BCUT2D eigenvalue weighted by molar-refractivity contribution is 5.31. The van der Waals surface area contributed by atoms with Gasteiger partial charge in [-0.05, 0) is 33.9 Å². The molecule has 0 saturated heterocycles. The lowest BCUT2D eigenvalue weighted by molar-refractivity contribution is 0.163. The van der Waals surface area contributed by atoms with Crippen molar-refractivity contribution in [1.82, 2.24) is 14.5 Å². The number of methoxy groups -OCH3 is 1. The van der Waals surface area contributed by atoms with E-state index in [1.54, 1.807) is 7.11 Å². The lowest BCUT2D eigenvalue weighted by atomic mass is 10.0. The molecule has 0 bridgehead atoms. The number of hydrogen-bond acceptors (Lipinski definition) is 4. The average molecular weight is 282 g/mol. The molecule has 5 nitrogen and oxygen atoms in total. The molecule has 0 saturated carbocycles. The first-order valence-electron chi connectivity index (χ1n) is 7.30. The summed E-state index contributed by atoms with van der Waals surface area (Å²) in [6, 6.07) is 0.649. The molecule has 0 spiro atoms. The monoisotopic (exact) mass is 282 g/mol. The summed E-state index contributed by atoms with van der Waals surface area (Å²) in [7, 11) is 5.93. The van der Waals surface area contributed by atoms with Gasteiger partial charge in [0.2, 0.25) is 5.95 Å². The maximum Gasteiger partial charge on any atom is 0.203 e. The van der Waals surface area contributed by atoms with Crippen LogP contribution in [0.3, 0.4) is 0 Å². The molecule has 0 aliphatic rings. The van der Waals surface area contributed by atoms with Crippen molar-refractivity contribution in [3.05, 3.63) is 11.9 Å². The van der Waals surface area contributed by atoms with E-state index in [0.29, 0.717) is 18.6 Å². The van der Waals surface area contributed by atoms with E-state index in [1.807, 2.05) is 6.92 Å². The van der Waals surface area contributed by atoms with Crippen LogP contribution in [0.15, 0.2) is 6.20 Å². The van der Waals surface area contributed by atoms with Crippen LogP contribution in [0.4, 0.5) is 5.95 Å². The minimum atomic E-state index is 0.274. The fourth-order valence-electron chi connectivity index (χ4n) is 2.26. The van der Waals surface area contributed by atoms with Crippen LogP contribution in [0, 0.1) is 12.8 Å².